The number of nitrogens with two attached hydrogens (primary N) is 2. The van der Waals surface area contributed by atoms with Crippen LogP contribution < -0.4 is 11.5 Å². The van der Waals surface area contributed by atoms with Crippen LogP contribution in [0.15, 0.2) is 22.7 Å². The van der Waals surface area contributed by atoms with Crippen molar-refractivity contribution in [2.24, 2.45) is 0 Å². The van der Waals surface area contributed by atoms with E-state index in [0.29, 0.717) is 10.2 Å². The summed E-state index contributed by atoms with van der Waals surface area (Å²) >= 11 is 3.23. The number of rotatable bonds is 0. The maximum Gasteiger partial charge on any atom is 0.127 e. The molecular weight excluding hydrogens is 362 g/mol. The van der Waals surface area contributed by atoms with E-state index in [-0.39, 0.29) is 11.6 Å². The van der Waals surface area contributed by atoms with Crippen LogP contribution in [0.25, 0.3) is 0 Å². The molecule has 0 saturated carbocycles. The van der Waals surface area contributed by atoms with E-state index in [4.69, 9.17) is 11.5 Å². The van der Waals surface area contributed by atoms with Gasteiger partial charge in [-0.05, 0) is 94.9 Å². The molecule has 23 heavy (non-hydrogen) atoms. The Balaban J connectivity index is 0.000000136. The molecule has 0 heterocycles. The van der Waals surface area contributed by atoms with Crippen LogP contribution in [0.4, 0.5) is 20.2 Å². The summed E-state index contributed by atoms with van der Waals surface area (Å²) in [5, 5.41) is 0. The van der Waals surface area contributed by atoms with Gasteiger partial charge in [0.05, 0.1) is 0 Å². The molecule has 4 N–H and O–H groups in total. The summed E-state index contributed by atoms with van der Waals surface area (Å²) in [6, 6.07) is 4.57. The highest BCUT2D eigenvalue weighted by atomic mass is 79.9. The number of fused-ring (bicyclic) bond motifs is 2. The SMILES string of the molecule is Nc1c(Br)cc(F)c2c1CCC2.Nc1ccc(F)c2c1CCC2. The summed E-state index contributed by atoms with van der Waals surface area (Å²) in [7, 11) is 0. The lowest BCUT2D eigenvalue weighted by molar-refractivity contribution is 0.612. The number of hydrogen-bond donors (Lipinski definition) is 2. The third kappa shape index (κ3) is 3.07. The van der Waals surface area contributed by atoms with Gasteiger partial charge in [0.1, 0.15) is 11.6 Å². The van der Waals surface area contributed by atoms with Crippen molar-refractivity contribution in [1.82, 2.24) is 0 Å². The van der Waals surface area contributed by atoms with Gasteiger partial charge in [-0.25, -0.2) is 8.78 Å². The van der Waals surface area contributed by atoms with E-state index in [0.717, 1.165) is 66.5 Å². The zero-order valence-electron chi connectivity index (χ0n) is 12.8. The molecule has 122 valence electrons. The standard InChI is InChI=1S/C9H9BrFN.C9H10FN/c10-7-4-8(11)5-2-1-3-6(5)9(7)12;10-8-4-5-9(11)7-3-1-2-6(7)8/h4H,1-3,12H2;4-5H,1-3,11H2. The first kappa shape index (κ1) is 16.2. The monoisotopic (exact) mass is 380 g/mol. The van der Waals surface area contributed by atoms with Crippen molar-refractivity contribution in [3.05, 3.63) is 56.6 Å². The fourth-order valence-corrected chi connectivity index (χ4v) is 3.86. The second kappa shape index (κ2) is 6.48. The van der Waals surface area contributed by atoms with E-state index in [1.54, 1.807) is 6.07 Å². The van der Waals surface area contributed by atoms with Crippen LogP contribution in [0.1, 0.15) is 35.1 Å². The molecule has 0 atom stereocenters. The average molecular weight is 381 g/mol. The van der Waals surface area contributed by atoms with Crippen LogP contribution in [0.2, 0.25) is 0 Å². The van der Waals surface area contributed by atoms with Crippen molar-refractivity contribution in [3.63, 3.8) is 0 Å². The van der Waals surface area contributed by atoms with Crippen LogP contribution in [-0.4, -0.2) is 0 Å². The number of halogens is 3. The zero-order valence-corrected chi connectivity index (χ0v) is 14.3. The van der Waals surface area contributed by atoms with Gasteiger partial charge in [-0.2, -0.15) is 0 Å². The molecule has 0 fully saturated rings. The van der Waals surface area contributed by atoms with Gasteiger partial charge >= 0.3 is 0 Å². The van der Waals surface area contributed by atoms with Gasteiger partial charge in [-0.3, -0.25) is 0 Å². The summed E-state index contributed by atoms with van der Waals surface area (Å²) in [4.78, 5) is 0. The predicted molar refractivity (Wildman–Crippen MR) is 93.4 cm³/mol. The van der Waals surface area contributed by atoms with Crippen molar-refractivity contribution >= 4 is 27.3 Å². The fourth-order valence-electron chi connectivity index (χ4n) is 3.41. The lowest BCUT2D eigenvalue weighted by atomic mass is 10.1. The molecule has 0 aliphatic heterocycles. The highest BCUT2D eigenvalue weighted by Gasteiger charge is 2.19. The van der Waals surface area contributed by atoms with Crippen molar-refractivity contribution < 1.29 is 8.78 Å². The first-order chi connectivity index (χ1) is 11.0. The summed E-state index contributed by atoms with van der Waals surface area (Å²) in [5.74, 6) is -0.213. The fraction of sp³-hybridized carbons (Fsp3) is 0.333. The van der Waals surface area contributed by atoms with Crippen LogP contribution in [0.5, 0.6) is 0 Å². The molecule has 2 aromatic rings. The minimum Gasteiger partial charge on any atom is -0.398 e. The number of nitrogen functional groups attached to an aromatic ring is 2. The Morgan fingerprint density at radius 1 is 0.783 bits per heavy atom. The molecule has 2 nitrogen and oxygen atoms in total. The zero-order chi connectivity index (χ0) is 16.6. The first-order valence-electron chi connectivity index (χ1n) is 7.80. The van der Waals surface area contributed by atoms with Crippen LogP contribution in [0.3, 0.4) is 0 Å². The third-order valence-electron chi connectivity index (χ3n) is 4.61. The summed E-state index contributed by atoms with van der Waals surface area (Å²) in [6.07, 6.45) is 5.61. The van der Waals surface area contributed by atoms with Gasteiger partial charge < -0.3 is 11.5 Å². The lowest BCUT2D eigenvalue weighted by Gasteiger charge is -2.06. The van der Waals surface area contributed by atoms with Crippen molar-refractivity contribution in [2.45, 2.75) is 38.5 Å². The molecule has 0 bridgehead atoms. The molecule has 4 rings (SSSR count). The van der Waals surface area contributed by atoms with Gasteiger partial charge in [0, 0.05) is 15.8 Å². The van der Waals surface area contributed by atoms with Crippen molar-refractivity contribution in [2.75, 3.05) is 11.5 Å². The van der Waals surface area contributed by atoms with E-state index in [9.17, 15) is 8.78 Å². The van der Waals surface area contributed by atoms with Crippen LogP contribution in [0, 0.1) is 11.6 Å². The van der Waals surface area contributed by atoms with Crippen molar-refractivity contribution in [1.29, 1.82) is 0 Å². The van der Waals surface area contributed by atoms with Crippen LogP contribution in [-0.2, 0) is 25.7 Å². The molecular formula is C18H19BrF2N2. The van der Waals surface area contributed by atoms with Gasteiger partial charge in [-0.15, -0.1) is 0 Å². The summed E-state index contributed by atoms with van der Waals surface area (Å²) in [6.45, 7) is 0. The van der Waals surface area contributed by atoms with Gasteiger partial charge in [-0.1, -0.05) is 0 Å². The molecule has 2 aliphatic carbocycles. The van der Waals surface area contributed by atoms with Gasteiger partial charge in [0.25, 0.3) is 0 Å². The molecule has 2 aromatic carbocycles. The van der Waals surface area contributed by atoms with E-state index in [1.807, 2.05) is 0 Å². The van der Waals surface area contributed by atoms with E-state index in [1.165, 1.54) is 12.1 Å². The lowest BCUT2D eigenvalue weighted by Crippen LogP contribution is -1.97. The molecule has 5 heteroatoms. The molecule has 2 aliphatic rings. The first-order valence-corrected chi connectivity index (χ1v) is 8.59. The molecule has 0 aromatic heterocycles. The normalized spacial score (nSPS) is 14.9. The molecule has 0 spiro atoms. The van der Waals surface area contributed by atoms with Crippen molar-refractivity contribution in [3.8, 4) is 0 Å². The number of anilines is 2. The summed E-state index contributed by atoms with van der Waals surface area (Å²) in [5.41, 5.74) is 16.6. The number of benzene rings is 2. The Morgan fingerprint density at radius 3 is 2.00 bits per heavy atom. The average Bonchev–Trinajstić information content (AvgIpc) is 3.18. The highest BCUT2D eigenvalue weighted by molar-refractivity contribution is 9.10. The molecule has 0 unspecified atom stereocenters. The van der Waals surface area contributed by atoms with Gasteiger partial charge in [0.15, 0.2) is 0 Å². The predicted octanol–water partition coefficient (Wildman–Crippen LogP) is 4.56. The minimum atomic E-state index is -0.122. The Kier molecular flexibility index (Phi) is 4.57. The molecule has 0 amide bonds. The Morgan fingerprint density at radius 2 is 1.35 bits per heavy atom. The minimum absolute atomic E-state index is 0.0910. The topological polar surface area (TPSA) is 52.0 Å². The van der Waals surface area contributed by atoms with E-state index < -0.39 is 0 Å². The Labute approximate surface area is 143 Å². The maximum absolute atomic E-state index is 13.2. The van der Waals surface area contributed by atoms with Crippen LogP contribution >= 0.6 is 15.9 Å². The second-order valence-corrected chi connectivity index (χ2v) is 6.87. The Bertz CT molecular complexity index is 730. The van der Waals surface area contributed by atoms with E-state index >= 15 is 0 Å². The van der Waals surface area contributed by atoms with Gasteiger partial charge in [0.2, 0.25) is 0 Å². The maximum atomic E-state index is 13.2. The quantitative estimate of drug-likeness (QED) is 0.658. The summed E-state index contributed by atoms with van der Waals surface area (Å²) < 4.78 is 26.9. The smallest absolute Gasteiger partial charge is 0.127 e. The Hall–Kier alpha value is -1.62. The molecule has 0 radical (unpaired) electrons. The highest BCUT2D eigenvalue weighted by Crippen LogP contribution is 2.34. The number of hydrogen-bond acceptors (Lipinski definition) is 2. The third-order valence-corrected chi connectivity index (χ3v) is 5.26. The van der Waals surface area contributed by atoms with E-state index in [2.05, 4.69) is 15.9 Å². The second-order valence-electron chi connectivity index (χ2n) is 6.01. The largest absolute Gasteiger partial charge is 0.398 e. The molecule has 0 saturated heterocycles.